The van der Waals surface area contributed by atoms with Crippen LogP contribution in [0.4, 0.5) is 4.39 Å². The third-order valence-electron chi connectivity index (χ3n) is 4.72. The monoisotopic (exact) mass is 332 g/mol. The molecule has 0 atom stereocenters. The molecule has 2 aromatic heterocycles. The standard InChI is InChI=1S/C17H21FN4O2/c1-11-6-9-22-12(10-11)20-13(14(22)18)15(23)21-17(16(19)24)7-4-2-3-5-8-17/h6,9-10H,2-5,7-8H2,1H3,(H2,19,24)(H,21,23). The summed E-state index contributed by atoms with van der Waals surface area (Å²) >= 11 is 0. The van der Waals surface area contributed by atoms with Crippen LogP contribution in [-0.2, 0) is 4.79 Å². The number of fused-ring (bicyclic) bond motifs is 1. The number of nitrogens with one attached hydrogen (secondary N) is 1. The third-order valence-corrected chi connectivity index (χ3v) is 4.72. The predicted molar refractivity (Wildman–Crippen MR) is 87.0 cm³/mol. The van der Waals surface area contributed by atoms with E-state index in [-0.39, 0.29) is 5.69 Å². The van der Waals surface area contributed by atoms with Crippen LogP contribution in [0.5, 0.6) is 0 Å². The number of aromatic nitrogens is 2. The van der Waals surface area contributed by atoms with Crippen LogP contribution in [0.3, 0.4) is 0 Å². The highest BCUT2D eigenvalue weighted by molar-refractivity contribution is 5.98. The van der Waals surface area contributed by atoms with Crippen LogP contribution in [0.15, 0.2) is 18.3 Å². The van der Waals surface area contributed by atoms with Crippen molar-refractivity contribution in [3.05, 3.63) is 35.5 Å². The molecule has 6 nitrogen and oxygen atoms in total. The lowest BCUT2D eigenvalue weighted by Gasteiger charge is -2.30. The second-order valence-corrected chi connectivity index (χ2v) is 6.50. The first-order valence-corrected chi connectivity index (χ1v) is 8.19. The Morgan fingerprint density at radius 3 is 2.58 bits per heavy atom. The van der Waals surface area contributed by atoms with Gasteiger partial charge in [-0.1, -0.05) is 25.7 Å². The van der Waals surface area contributed by atoms with Crippen molar-refractivity contribution in [3.8, 4) is 0 Å². The zero-order valence-electron chi connectivity index (χ0n) is 13.6. The second kappa shape index (κ2) is 6.22. The maximum atomic E-state index is 14.5. The van der Waals surface area contributed by atoms with E-state index in [9.17, 15) is 14.0 Å². The van der Waals surface area contributed by atoms with Gasteiger partial charge in [0.05, 0.1) is 0 Å². The van der Waals surface area contributed by atoms with E-state index < -0.39 is 23.3 Å². The summed E-state index contributed by atoms with van der Waals surface area (Å²) in [7, 11) is 0. The van der Waals surface area contributed by atoms with Gasteiger partial charge >= 0.3 is 0 Å². The normalized spacial score (nSPS) is 17.4. The molecule has 7 heteroatoms. The minimum absolute atomic E-state index is 0.314. The summed E-state index contributed by atoms with van der Waals surface area (Å²) in [4.78, 5) is 28.6. The molecule has 2 amide bonds. The van der Waals surface area contributed by atoms with E-state index >= 15 is 0 Å². The molecule has 0 bridgehead atoms. The van der Waals surface area contributed by atoms with Gasteiger partial charge in [0.1, 0.15) is 11.2 Å². The van der Waals surface area contributed by atoms with Crippen molar-refractivity contribution in [1.82, 2.24) is 14.7 Å². The fourth-order valence-corrected chi connectivity index (χ4v) is 3.30. The Morgan fingerprint density at radius 1 is 1.29 bits per heavy atom. The average Bonchev–Trinajstić information content (AvgIpc) is 2.72. The van der Waals surface area contributed by atoms with Crippen LogP contribution in [0.2, 0.25) is 0 Å². The number of aryl methyl sites for hydroxylation is 1. The lowest BCUT2D eigenvalue weighted by atomic mass is 9.89. The number of nitrogens with zero attached hydrogens (tertiary/aromatic N) is 2. The van der Waals surface area contributed by atoms with Gasteiger partial charge in [-0.2, -0.15) is 4.39 Å². The number of carbonyl (C=O) groups is 2. The van der Waals surface area contributed by atoms with Crippen molar-refractivity contribution in [2.24, 2.45) is 5.73 Å². The van der Waals surface area contributed by atoms with Gasteiger partial charge in [-0.25, -0.2) is 4.98 Å². The molecule has 0 aliphatic heterocycles. The number of halogens is 1. The van der Waals surface area contributed by atoms with Gasteiger partial charge in [-0.15, -0.1) is 0 Å². The summed E-state index contributed by atoms with van der Waals surface area (Å²) < 4.78 is 15.7. The van der Waals surface area contributed by atoms with Crippen LogP contribution in [-0.4, -0.2) is 26.7 Å². The second-order valence-electron chi connectivity index (χ2n) is 6.50. The van der Waals surface area contributed by atoms with Gasteiger partial charge in [0.15, 0.2) is 5.69 Å². The van der Waals surface area contributed by atoms with Gasteiger partial charge in [0.25, 0.3) is 5.91 Å². The van der Waals surface area contributed by atoms with Crippen molar-refractivity contribution in [2.45, 2.75) is 51.0 Å². The van der Waals surface area contributed by atoms with Crippen LogP contribution in [0.25, 0.3) is 5.65 Å². The molecule has 3 N–H and O–H groups in total. The molecule has 0 radical (unpaired) electrons. The third kappa shape index (κ3) is 2.86. The largest absolute Gasteiger partial charge is 0.368 e. The highest BCUT2D eigenvalue weighted by atomic mass is 19.1. The molecule has 1 saturated carbocycles. The number of hydrogen-bond acceptors (Lipinski definition) is 3. The summed E-state index contributed by atoms with van der Waals surface area (Å²) in [5, 5.41) is 2.68. The van der Waals surface area contributed by atoms with E-state index in [4.69, 9.17) is 5.73 Å². The Balaban J connectivity index is 1.93. The van der Waals surface area contributed by atoms with Crippen molar-refractivity contribution in [1.29, 1.82) is 0 Å². The lowest BCUT2D eigenvalue weighted by Crippen LogP contribution is -2.57. The van der Waals surface area contributed by atoms with E-state index in [1.165, 1.54) is 10.6 Å². The first-order valence-electron chi connectivity index (χ1n) is 8.19. The highest BCUT2D eigenvalue weighted by Gasteiger charge is 2.39. The molecule has 2 heterocycles. The Hall–Kier alpha value is -2.44. The van der Waals surface area contributed by atoms with Crippen LogP contribution >= 0.6 is 0 Å². The maximum absolute atomic E-state index is 14.5. The first-order chi connectivity index (χ1) is 11.4. The summed E-state index contributed by atoms with van der Waals surface area (Å²) in [6.45, 7) is 1.86. The van der Waals surface area contributed by atoms with Crippen LogP contribution in [0.1, 0.15) is 54.6 Å². The van der Waals surface area contributed by atoms with Gasteiger partial charge in [0.2, 0.25) is 11.9 Å². The minimum atomic E-state index is -1.12. The number of carbonyl (C=O) groups excluding carboxylic acids is 2. The van der Waals surface area contributed by atoms with Gasteiger partial charge in [-0.3, -0.25) is 14.0 Å². The van der Waals surface area contributed by atoms with E-state index in [0.29, 0.717) is 18.5 Å². The quantitative estimate of drug-likeness (QED) is 0.843. The molecular weight excluding hydrogens is 311 g/mol. The van der Waals surface area contributed by atoms with Crippen LogP contribution < -0.4 is 11.1 Å². The Bertz CT molecular complexity index is 791. The van der Waals surface area contributed by atoms with Crippen LogP contribution in [0, 0.1) is 12.9 Å². The molecule has 0 aromatic carbocycles. The first kappa shape index (κ1) is 16.4. The molecule has 24 heavy (non-hydrogen) atoms. The molecule has 1 aliphatic carbocycles. The van der Waals surface area contributed by atoms with E-state index in [1.807, 2.05) is 6.92 Å². The molecule has 128 valence electrons. The SMILES string of the molecule is Cc1ccn2c(F)c(C(=O)NC3(C(N)=O)CCCCCC3)nc2c1. The van der Waals surface area contributed by atoms with Crippen molar-refractivity contribution in [2.75, 3.05) is 0 Å². The molecule has 2 aromatic rings. The average molecular weight is 332 g/mol. The van der Waals surface area contributed by atoms with Crippen molar-refractivity contribution in [3.63, 3.8) is 0 Å². The van der Waals surface area contributed by atoms with E-state index in [2.05, 4.69) is 10.3 Å². The fraction of sp³-hybridized carbons (Fsp3) is 0.471. The molecule has 1 aliphatic rings. The highest BCUT2D eigenvalue weighted by Crippen LogP contribution is 2.27. The van der Waals surface area contributed by atoms with Crippen molar-refractivity contribution >= 4 is 17.5 Å². The van der Waals surface area contributed by atoms with E-state index in [1.54, 1.807) is 12.1 Å². The number of pyridine rings is 1. The Morgan fingerprint density at radius 2 is 1.96 bits per heavy atom. The number of primary amides is 1. The summed E-state index contributed by atoms with van der Waals surface area (Å²) in [5.74, 6) is -2.01. The molecule has 3 rings (SSSR count). The van der Waals surface area contributed by atoms with Crippen molar-refractivity contribution < 1.29 is 14.0 Å². The molecule has 0 unspecified atom stereocenters. The molecule has 0 saturated heterocycles. The number of amides is 2. The zero-order valence-corrected chi connectivity index (χ0v) is 13.6. The number of rotatable bonds is 3. The van der Waals surface area contributed by atoms with Gasteiger partial charge in [0, 0.05) is 6.20 Å². The van der Waals surface area contributed by atoms with E-state index in [0.717, 1.165) is 31.2 Å². The Labute approximate surface area is 139 Å². The summed E-state index contributed by atoms with van der Waals surface area (Å²) in [6, 6.07) is 3.42. The number of imidazole rings is 1. The lowest BCUT2D eigenvalue weighted by molar-refractivity contribution is -0.124. The Kier molecular flexibility index (Phi) is 4.26. The van der Waals surface area contributed by atoms with Gasteiger partial charge in [-0.05, 0) is 37.5 Å². The number of hydrogen-bond donors (Lipinski definition) is 2. The number of nitrogens with two attached hydrogens (primary N) is 1. The maximum Gasteiger partial charge on any atom is 0.275 e. The smallest absolute Gasteiger partial charge is 0.275 e. The fourth-order valence-electron chi connectivity index (χ4n) is 3.30. The molecular formula is C17H21FN4O2. The molecule has 1 fully saturated rings. The predicted octanol–water partition coefficient (Wildman–Crippen LogP) is 2.09. The topological polar surface area (TPSA) is 89.5 Å². The molecule has 0 spiro atoms. The zero-order chi connectivity index (χ0) is 17.3. The summed E-state index contributed by atoms with van der Waals surface area (Å²) in [5.41, 5.74) is 5.39. The van der Waals surface area contributed by atoms with Gasteiger partial charge < -0.3 is 11.1 Å². The minimum Gasteiger partial charge on any atom is -0.368 e. The summed E-state index contributed by atoms with van der Waals surface area (Å²) in [6.07, 6.45) is 6.07.